The van der Waals surface area contributed by atoms with Gasteiger partial charge in [-0.15, -0.1) is 11.3 Å². The van der Waals surface area contributed by atoms with Crippen molar-refractivity contribution in [3.05, 3.63) is 212 Å². The Morgan fingerprint density at radius 3 is 1.52 bits per heavy atom. The van der Waals surface area contributed by atoms with E-state index in [0.29, 0.717) is 0 Å². The minimum absolute atomic E-state index is 1.11. The fourth-order valence-electron chi connectivity index (χ4n) is 7.66. The first-order valence-electron chi connectivity index (χ1n) is 18.4. The van der Waals surface area contributed by atoms with Gasteiger partial charge in [0.1, 0.15) is 0 Å². The van der Waals surface area contributed by atoms with Gasteiger partial charge in [0, 0.05) is 37.2 Å². The zero-order chi connectivity index (χ0) is 35.8. The molecular weight excluding hydrogens is 671 g/mol. The molecule has 1 nitrogen and oxygen atoms in total. The molecule has 10 aromatic rings. The van der Waals surface area contributed by atoms with E-state index in [4.69, 9.17) is 0 Å². The third-order valence-electron chi connectivity index (χ3n) is 10.5. The van der Waals surface area contributed by atoms with Crippen LogP contribution in [0, 0.1) is 0 Å². The fraction of sp³-hybridized carbons (Fsp3) is 0. The smallest absolute Gasteiger partial charge is 0.0467 e. The minimum Gasteiger partial charge on any atom is -0.310 e. The second-order valence-electron chi connectivity index (χ2n) is 13.8. The second kappa shape index (κ2) is 13.7. The normalized spacial score (nSPS) is 11.3. The number of anilines is 3. The quantitative estimate of drug-likeness (QED) is 0.160. The molecule has 1 aromatic heterocycles. The zero-order valence-electron chi connectivity index (χ0n) is 29.6. The monoisotopic (exact) mass is 705 g/mol. The molecule has 0 aliphatic carbocycles. The Morgan fingerprint density at radius 2 is 0.759 bits per heavy atom. The van der Waals surface area contributed by atoms with Gasteiger partial charge in [0.05, 0.1) is 0 Å². The van der Waals surface area contributed by atoms with E-state index in [2.05, 4.69) is 217 Å². The molecule has 0 saturated heterocycles. The summed E-state index contributed by atoms with van der Waals surface area (Å²) in [6.07, 6.45) is 0. The summed E-state index contributed by atoms with van der Waals surface area (Å²) >= 11 is 1.86. The summed E-state index contributed by atoms with van der Waals surface area (Å²) in [4.78, 5) is 2.36. The van der Waals surface area contributed by atoms with Crippen LogP contribution in [0.3, 0.4) is 0 Å². The van der Waals surface area contributed by atoms with Crippen molar-refractivity contribution < 1.29 is 0 Å². The molecule has 54 heavy (non-hydrogen) atoms. The van der Waals surface area contributed by atoms with Crippen molar-refractivity contribution in [1.29, 1.82) is 0 Å². The summed E-state index contributed by atoms with van der Waals surface area (Å²) in [6, 6.07) is 77.2. The Kier molecular flexibility index (Phi) is 8.09. The lowest BCUT2D eigenvalue weighted by atomic mass is 9.97. The maximum Gasteiger partial charge on any atom is 0.0467 e. The number of nitrogens with zero attached hydrogens (tertiary/aromatic N) is 1. The van der Waals surface area contributed by atoms with Crippen LogP contribution >= 0.6 is 11.3 Å². The average molecular weight is 706 g/mol. The van der Waals surface area contributed by atoms with Crippen molar-refractivity contribution >= 4 is 59.3 Å². The highest BCUT2D eigenvalue weighted by molar-refractivity contribution is 7.25. The van der Waals surface area contributed by atoms with Gasteiger partial charge in [-0.05, 0) is 122 Å². The van der Waals surface area contributed by atoms with Crippen LogP contribution in [0.2, 0.25) is 0 Å². The van der Waals surface area contributed by atoms with Gasteiger partial charge in [-0.25, -0.2) is 0 Å². The van der Waals surface area contributed by atoms with Crippen LogP contribution in [-0.2, 0) is 0 Å². The Labute approximate surface area is 319 Å². The van der Waals surface area contributed by atoms with Crippen LogP contribution in [0.4, 0.5) is 17.1 Å². The van der Waals surface area contributed by atoms with Crippen LogP contribution in [0.15, 0.2) is 212 Å². The maximum atomic E-state index is 2.36. The van der Waals surface area contributed by atoms with Crippen molar-refractivity contribution in [1.82, 2.24) is 0 Å². The van der Waals surface area contributed by atoms with Gasteiger partial charge in [0.25, 0.3) is 0 Å². The molecule has 0 aliphatic rings. The molecule has 2 heteroatoms. The highest BCUT2D eigenvalue weighted by Gasteiger charge is 2.15. The Balaban J connectivity index is 1.01. The predicted octanol–water partition coefficient (Wildman–Crippen LogP) is 15.3. The molecule has 0 spiro atoms. The standard InChI is InChI=1S/C52H35NS/c1-2-10-36(11-3-1)43-16-9-17-48(34-43)53(47-29-24-39(25-30-47)45-26-31-52-50(35-45)49-18-6-7-19-51(49)54-52)46-27-22-38(23-28-46)41-14-8-15-42(32-41)44-21-20-37-12-4-5-13-40(37)33-44/h1-35H. The molecule has 0 fully saturated rings. The zero-order valence-corrected chi connectivity index (χ0v) is 30.4. The van der Waals surface area contributed by atoms with E-state index >= 15 is 0 Å². The lowest BCUT2D eigenvalue weighted by molar-refractivity contribution is 1.28. The molecule has 254 valence electrons. The number of thiophene rings is 1. The van der Waals surface area contributed by atoms with Gasteiger partial charge in [0.2, 0.25) is 0 Å². The van der Waals surface area contributed by atoms with Crippen molar-refractivity contribution in [2.45, 2.75) is 0 Å². The van der Waals surface area contributed by atoms with Crippen LogP contribution in [0.25, 0.3) is 75.5 Å². The summed E-state index contributed by atoms with van der Waals surface area (Å²) in [5, 5.41) is 5.16. The third kappa shape index (κ3) is 6.03. The first kappa shape index (κ1) is 32.0. The van der Waals surface area contributed by atoms with E-state index in [1.165, 1.54) is 75.5 Å². The highest BCUT2D eigenvalue weighted by Crippen LogP contribution is 2.40. The molecule has 0 saturated carbocycles. The van der Waals surface area contributed by atoms with Gasteiger partial charge in [-0.1, -0.05) is 146 Å². The number of hydrogen-bond acceptors (Lipinski definition) is 2. The molecule has 10 rings (SSSR count). The SMILES string of the molecule is c1ccc(-c2cccc(N(c3ccc(-c4cccc(-c5ccc6ccccc6c5)c4)cc3)c3ccc(-c4ccc5sc6ccccc6c5c4)cc3)c2)cc1. The van der Waals surface area contributed by atoms with Gasteiger partial charge in [-0.3, -0.25) is 0 Å². The van der Waals surface area contributed by atoms with Gasteiger partial charge >= 0.3 is 0 Å². The van der Waals surface area contributed by atoms with E-state index < -0.39 is 0 Å². The van der Waals surface area contributed by atoms with Crippen molar-refractivity contribution in [3.63, 3.8) is 0 Å². The highest BCUT2D eigenvalue weighted by atomic mass is 32.1. The van der Waals surface area contributed by atoms with Crippen molar-refractivity contribution in [2.24, 2.45) is 0 Å². The van der Waals surface area contributed by atoms with E-state index in [1.54, 1.807) is 0 Å². The van der Waals surface area contributed by atoms with E-state index in [0.717, 1.165) is 17.1 Å². The molecule has 9 aromatic carbocycles. The first-order chi connectivity index (χ1) is 26.7. The molecule has 0 amide bonds. The van der Waals surface area contributed by atoms with Gasteiger partial charge in [0.15, 0.2) is 0 Å². The molecule has 0 atom stereocenters. The summed E-state index contributed by atoms with van der Waals surface area (Å²) in [5.41, 5.74) is 13.0. The van der Waals surface area contributed by atoms with Gasteiger partial charge in [-0.2, -0.15) is 0 Å². The Bertz CT molecular complexity index is 2920. The Morgan fingerprint density at radius 1 is 0.259 bits per heavy atom. The fourth-order valence-corrected chi connectivity index (χ4v) is 8.75. The third-order valence-corrected chi connectivity index (χ3v) is 11.6. The Hall–Kier alpha value is -6.74. The van der Waals surface area contributed by atoms with Crippen LogP contribution in [-0.4, -0.2) is 0 Å². The van der Waals surface area contributed by atoms with Crippen LogP contribution < -0.4 is 4.90 Å². The second-order valence-corrected chi connectivity index (χ2v) is 14.9. The van der Waals surface area contributed by atoms with Gasteiger partial charge < -0.3 is 4.90 Å². The van der Waals surface area contributed by atoms with Crippen LogP contribution in [0.5, 0.6) is 0 Å². The van der Waals surface area contributed by atoms with E-state index in [-0.39, 0.29) is 0 Å². The summed E-state index contributed by atoms with van der Waals surface area (Å²) in [7, 11) is 0. The number of hydrogen-bond donors (Lipinski definition) is 0. The lowest BCUT2D eigenvalue weighted by Gasteiger charge is -2.26. The van der Waals surface area contributed by atoms with Crippen molar-refractivity contribution in [2.75, 3.05) is 4.90 Å². The summed E-state index contributed by atoms with van der Waals surface area (Å²) in [6.45, 7) is 0. The number of rotatable bonds is 7. The lowest BCUT2D eigenvalue weighted by Crippen LogP contribution is -2.10. The molecule has 0 radical (unpaired) electrons. The molecular formula is C52H35NS. The maximum absolute atomic E-state index is 2.36. The molecule has 0 unspecified atom stereocenters. The minimum atomic E-state index is 1.11. The number of benzene rings is 9. The number of fused-ring (bicyclic) bond motifs is 4. The molecule has 0 bridgehead atoms. The van der Waals surface area contributed by atoms with E-state index in [1.807, 2.05) is 11.3 Å². The molecule has 0 aliphatic heterocycles. The average Bonchev–Trinajstić information content (AvgIpc) is 3.63. The molecule has 0 N–H and O–H groups in total. The van der Waals surface area contributed by atoms with E-state index in [9.17, 15) is 0 Å². The molecule has 1 heterocycles. The predicted molar refractivity (Wildman–Crippen MR) is 233 cm³/mol. The largest absolute Gasteiger partial charge is 0.310 e. The van der Waals surface area contributed by atoms with Crippen molar-refractivity contribution in [3.8, 4) is 44.5 Å². The summed E-state index contributed by atoms with van der Waals surface area (Å²) in [5.74, 6) is 0. The van der Waals surface area contributed by atoms with Crippen LogP contribution in [0.1, 0.15) is 0 Å². The first-order valence-corrected chi connectivity index (χ1v) is 19.2. The summed E-state index contributed by atoms with van der Waals surface area (Å²) < 4.78 is 2.65. The topological polar surface area (TPSA) is 3.24 Å².